The van der Waals surface area contributed by atoms with Crippen molar-refractivity contribution in [3.05, 3.63) is 48.0 Å². The van der Waals surface area contributed by atoms with E-state index in [9.17, 15) is 9.59 Å². The van der Waals surface area contributed by atoms with Gasteiger partial charge in [0.2, 0.25) is 5.91 Å². The second-order valence-corrected chi connectivity index (χ2v) is 7.44. The van der Waals surface area contributed by atoms with Crippen molar-refractivity contribution in [2.45, 2.75) is 51.8 Å². The van der Waals surface area contributed by atoms with Crippen molar-refractivity contribution in [1.82, 2.24) is 10.6 Å². The Morgan fingerprint density at radius 3 is 2.41 bits per heavy atom. The minimum absolute atomic E-state index is 0.286. The molecule has 2 aromatic carbocycles. The maximum Gasteiger partial charge on any atom is 0.408 e. The molecule has 0 heterocycles. The van der Waals surface area contributed by atoms with Crippen molar-refractivity contribution in [3.63, 3.8) is 0 Å². The van der Waals surface area contributed by atoms with Crippen LogP contribution in [0.4, 0.5) is 4.79 Å². The Bertz CT molecular complexity index is 865. The van der Waals surface area contributed by atoms with Crippen LogP contribution in [0.1, 0.15) is 33.3 Å². The Labute approximate surface area is 159 Å². The molecule has 27 heavy (non-hydrogen) atoms. The Hall–Kier alpha value is -3.07. The van der Waals surface area contributed by atoms with Crippen molar-refractivity contribution in [1.29, 1.82) is 5.26 Å². The molecule has 142 valence electrons. The smallest absolute Gasteiger partial charge is 0.408 e. The van der Waals surface area contributed by atoms with Crippen LogP contribution in [0, 0.1) is 11.3 Å². The molecule has 0 aromatic heterocycles. The van der Waals surface area contributed by atoms with Gasteiger partial charge in [0.1, 0.15) is 17.7 Å². The van der Waals surface area contributed by atoms with Crippen LogP contribution in [-0.2, 0) is 16.0 Å². The van der Waals surface area contributed by atoms with E-state index in [0.717, 1.165) is 16.3 Å². The Kier molecular flexibility index (Phi) is 6.40. The van der Waals surface area contributed by atoms with Gasteiger partial charge in [-0.3, -0.25) is 4.79 Å². The van der Waals surface area contributed by atoms with Gasteiger partial charge in [0, 0.05) is 6.42 Å². The minimum atomic E-state index is -0.850. The highest BCUT2D eigenvalue weighted by Crippen LogP contribution is 2.17. The predicted molar refractivity (Wildman–Crippen MR) is 104 cm³/mol. The molecule has 0 aliphatic rings. The first-order valence-corrected chi connectivity index (χ1v) is 8.85. The molecule has 0 radical (unpaired) electrons. The number of hydrogen-bond acceptors (Lipinski definition) is 4. The zero-order valence-corrected chi connectivity index (χ0v) is 16.1. The summed E-state index contributed by atoms with van der Waals surface area (Å²) in [7, 11) is 0. The molecule has 0 bridgehead atoms. The van der Waals surface area contributed by atoms with E-state index in [-0.39, 0.29) is 6.42 Å². The van der Waals surface area contributed by atoms with E-state index in [2.05, 4.69) is 10.6 Å². The SMILES string of the molecule is CC(C#N)NC(=O)C(Cc1ccc2ccccc2c1)NC(=O)OC(C)(C)C. The van der Waals surface area contributed by atoms with Crippen molar-refractivity contribution in [2.24, 2.45) is 0 Å². The number of carbonyl (C=O) groups is 2. The number of fused-ring (bicyclic) bond motifs is 1. The van der Waals surface area contributed by atoms with Gasteiger partial charge in [0.15, 0.2) is 0 Å². The zero-order chi connectivity index (χ0) is 20.0. The number of ether oxygens (including phenoxy) is 1. The molecule has 0 aliphatic heterocycles. The third-order valence-corrected chi connectivity index (χ3v) is 3.81. The van der Waals surface area contributed by atoms with Gasteiger partial charge in [-0.2, -0.15) is 5.26 Å². The standard InChI is InChI=1S/C21H25N3O3/c1-14(13-22)23-19(25)18(24-20(26)27-21(2,3)4)12-15-9-10-16-7-5-6-8-17(16)11-15/h5-11,14,18H,12H2,1-4H3,(H,23,25)(H,24,26). The molecule has 2 atom stereocenters. The van der Waals surface area contributed by atoms with E-state index in [1.165, 1.54) is 0 Å². The molecule has 2 aromatic rings. The van der Waals surface area contributed by atoms with Crippen molar-refractivity contribution in [2.75, 3.05) is 0 Å². The molecule has 2 amide bonds. The average molecular weight is 367 g/mol. The molecule has 2 unspecified atom stereocenters. The highest BCUT2D eigenvalue weighted by Gasteiger charge is 2.25. The van der Waals surface area contributed by atoms with Gasteiger partial charge < -0.3 is 15.4 Å². The molecule has 6 heteroatoms. The van der Waals surface area contributed by atoms with Crippen LogP contribution in [0.15, 0.2) is 42.5 Å². The molecule has 2 rings (SSSR count). The lowest BCUT2D eigenvalue weighted by molar-refractivity contribution is -0.123. The van der Waals surface area contributed by atoms with Crippen LogP contribution in [0.2, 0.25) is 0 Å². The number of nitrogens with zero attached hydrogens (tertiary/aromatic N) is 1. The first-order chi connectivity index (χ1) is 12.7. The molecule has 0 fully saturated rings. The summed E-state index contributed by atoms with van der Waals surface area (Å²) in [5, 5.41) is 16.3. The number of nitrogens with one attached hydrogen (secondary N) is 2. The fraction of sp³-hybridized carbons (Fsp3) is 0.381. The van der Waals surface area contributed by atoms with Gasteiger partial charge in [-0.05, 0) is 44.0 Å². The molecule has 0 saturated heterocycles. The number of amides is 2. The molecular formula is C21H25N3O3. The fourth-order valence-electron chi connectivity index (χ4n) is 2.61. The number of rotatable bonds is 5. The van der Waals surface area contributed by atoms with Crippen molar-refractivity contribution >= 4 is 22.8 Å². The summed E-state index contributed by atoms with van der Waals surface area (Å²) in [4.78, 5) is 24.7. The number of alkyl carbamates (subject to hydrolysis) is 1. The van der Waals surface area contributed by atoms with Crippen LogP contribution in [0.5, 0.6) is 0 Å². The largest absolute Gasteiger partial charge is 0.444 e. The highest BCUT2D eigenvalue weighted by atomic mass is 16.6. The zero-order valence-electron chi connectivity index (χ0n) is 16.1. The first-order valence-electron chi connectivity index (χ1n) is 8.85. The number of hydrogen-bond donors (Lipinski definition) is 2. The van der Waals surface area contributed by atoms with Crippen LogP contribution >= 0.6 is 0 Å². The quantitative estimate of drug-likeness (QED) is 0.848. The second-order valence-electron chi connectivity index (χ2n) is 7.44. The molecule has 0 aliphatic carbocycles. The average Bonchev–Trinajstić information content (AvgIpc) is 2.59. The minimum Gasteiger partial charge on any atom is -0.444 e. The molecule has 6 nitrogen and oxygen atoms in total. The van der Waals surface area contributed by atoms with Gasteiger partial charge in [0.05, 0.1) is 6.07 Å². The van der Waals surface area contributed by atoms with E-state index in [1.54, 1.807) is 27.7 Å². The van der Waals surface area contributed by atoms with E-state index in [1.807, 2.05) is 48.5 Å². The fourth-order valence-corrected chi connectivity index (χ4v) is 2.61. The monoisotopic (exact) mass is 367 g/mol. The van der Waals surface area contributed by atoms with E-state index in [0.29, 0.717) is 0 Å². The molecule has 0 saturated carbocycles. The molecule has 2 N–H and O–H groups in total. The Balaban J connectivity index is 2.20. The number of nitriles is 1. The maximum atomic E-state index is 12.5. The van der Waals surface area contributed by atoms with E-state index in [4.69, 9.17) is 10.00 Å². The van der Waals surface area contributed by atoms with Crippen LogP contribution in [0.3, 0.4) is 0 Å². The van der Waals surface area contributed by atoms with Gasteiger partial charge in [-0.15, -0.1) is 0 Å². The number of carbonyl (C=O) groups excluding carboxylic acids is 2. The van der Waals surface area contributed by atoms with Crippen LogP contribution in [-0.4, -0.2) is 29.7 Å². The summed E-state index contributed by atoms with van der Waals surface area (Å²) in [6.45, 7) is 6.84. The summed E-state index contributed by atoms with van der Waals surface area (Å²) in [6.07, 6.45) is -0.387. The predicted octanol–water partition coefficient (Wildman–Crippen LogP) is 3.30. The second kappa shape index (κ2) is 8.54. The van der Waals surface area contributed by atoms with E-state index < -0.39 is 29.7 Å². The van der Waals surface area contributed by atoms with Crippen molar-refractivity contribution in [3.8, 4) is 6.07 Å². The van der Waals surface area contributed by atoms with Gasteiger partial charge in [-0.1, -0.05) is 42.5 Å². The summed E-state index contributed by atoms with van der Waals surface area (Å²) < 4.78 is 5.26. The van der Waals surface area contributed by atoms with E-state index >= 15 is 0 Å². The van der Waals surface area contributed by atoms with Gasteiger partial charge in [0.25, 0.3) is 0 Å². The van der Waals surface area contributed by atoms with Crippen molar-refractivity contribution < 1.29 is 14.3 Å². The topological polar surface area (TPSA) is 91.2 Å². The highest BCUT2D eigenvalue weighted by molar-refractivity contribution is 5.87. The van der Waals surface area contributed by atoms with Crippen LogP contribution < -0.4 is 10.6 Å². The number of benzene rings is 2. The summed E-state index contributed by atoms with van der Waals surface area (Å²) in [5.41, 5.74) is 0.225. The van der Waals surface area contributed by atoms with Crippen LogP contribution in [0.25, 0.3) is 10.8 Å². The summed E-state index contributed by atoms with van der Waals surface area (Å²) in [5.74, 6) is -0.428. The Morgan fingerprint density at radius 1 is 1.11 bits per heavy atom. The van der Waals surface area contributed by atoms with Gasteiger partial charge >= 0.3 is 6.09 Å². The molecular weight excluding hydrogens is 342 g/mol. The lowest BCUT2D eigenvalue weighted by Gasteiger charge is -2.24. The molecule has 0 spiro atoms. The van der Waals surface area contributed by atoms with Gasteiger partial charge in [-0.25, -0.2) is 4.79 Å². The Morgan fingerprint density at radius 2 is 1.78 bits per heavy atom. The summed E-state index contributed by atoms with van der Waals surface area (Å²) >= 11 is 0. The lowest BCUT2D eigenvalue weighted by atomic mass is 10.0. The maximum absolute atomic E-state index is 12.5. The summed E-state index contributed by atoms with van der Waals surface area (Å²) in [6, 6.07) is 14.3. The third kappa shape index (κ3) is 6.30. The first kappa shape index (κ1) is 20.2. The third-order valence-electron chi connectivity index (χ3n) is 3.81. The normalized spacial score (nSPS) is 13.3. The lowest BCUT2D eigenvalue weighted by Crippen LogP contribution is -2.51.